The van der Waals surface area contributed by atoms with Gasteiger partial charge in [0.05, 0.1) is 10.6 Å². The molecule has 0 aliphatic rings. The molecule has 2 aromatic heterocycles. The molecule has 8 nitrogen and oxygen atoms in total. The number of nitrogens with zero attached hydrogens (tertiary/aromatic N) is 4. The molecular weight excluding hydrogens is 327 g/mol. The van der Waals surface area contributed by atoms with Crippen LogP contribution in [0.15, 0.2) is 12.3 Å². The zero-order valence-electron chi connectivity index (χ0n) is 10.8. The molecule has 0 aliphatic heterocycles. The average molecular weight is 336 g/mol. The molecule has 0 unspecified atom stereocenters. The number of anilines is 2. The summed E-state index contributed by atoms with van der Waals surface area (Å²) >= 11 is 5.71. The molecule has 3 N–H and O–H groups in total. The van der Waals surface area contributed by atoms with E-state index < -0.39 is 17.6 Å². The molecule has 2 heterocycles. The Kier molecular flexibility index (Phi) is 4.75. The number of amides is 1. The summed E-state index contributed by atoms with van der Waals surface area (Å²) in [6, 6.07) is 0.760. The van der Waals surface area contributed by atoms with Crippen molar-refractivity contribution in [3.8, 4) is 0 Å². The molecule has 0 saturated carbocycles. The van der Waals surface area contributed by atoms with Crippen LogP contribution in [-0.2, 0) is 11.0 Å². The Hall–Kier alpha value is -2.43. The second-order valence-electron chi connectivity index (χ2n) is 4.01. The summed E-state index contributed by atoms with van der Waals surface area (Å²) in [5, 5.41) is 17.3. The number of hydrogen-bond acceptors (Lipinski definition) is 6. The van der Waals surface area contributed by atoms with Gasteiger partial charge in [0.15, 0.2) is 0 Å². The van der Waals surface area contributed by atoms with Gasteiger partial charge in [-0.25, -0.2) is 4.98 Å². The predicted octanol–water partition coefficient (Wildman–Crippen LogP) is 1.71. The fraction of sp³-hybridized carbons (Fsp3) is 0.300. The molecule has 0 spiro atoms. The van der Waals surface area contributed by atoms with Gasteiger partial charge in [0.2, 0.25) is 5.91 Å². The van der Waals surface area contributed by atoms with Gasteiger partial charge >= 0.3 is 6.18 Å². The Bertz CT molecular complexity index is 646. The van der Waals surface area contributed by atoms with E-state index in [4.69, 9.17) is 11.6 Å². The smallest absolute Gasteiger partial charge is 0.368 e. The molecule has 0 aliphatic carbocycles. The number of aromatic amines is 1. The lowest BCUT2D eigenvalue weighted by Crippen LogP contribution is -2.17. The van der Waals surface area contributed by atoms with Crippen molar-refractivity contribution in [2.45, 2.75) is 12.6 Å². The topological polar surface area (TPSA) is 108 Å². The van der Waals surface area contributed by atoms with E-state index in [0.717, 1.165) is 6.07 Å². The number of H-pyrrole nitrogens is 1. The van der Waals surface area contributed by atoms with Crippen molar-refractivity contribution in [2.75, 3.05) is 17.2 Å². The molecule has 2 aromatic rings. The summed E-state index contributed by atoms with van der Waals surface area (Å²) in [6.45, 7) is 0.113. The van der Waals surface area contributed by atoms with Gasteiger partial charge in [0.1, 0.15) is 5.82 Å². The van der Waals surface area contributed by atoms with Gasteiger partial charge in [-0.1, -0.05) is 16.7 Å². The van der Waals surface area contributed by atoms with Gasteiger partial charge in [-0.15, -0.1) is 5.10 Å². The van der Waals surface area contributed by atoms with Crippen LogP contribution >= 0.6 is 11.6 Å². The van der Waals surface area contributed by atoms with Crippen molar-refractivity contribution in [1.29, 1.82) is 0 Å². The molecule has 0 aromatic carbocycles. The first-order valence-electron chi connectivity index (χ1n) is 5.86. The summed E-state index contributed by atoms with van der Waals surface area (Å²) in [5.41, 5.74) is -0.946. The fourth-order valence-corrected chi connectivity index (χ4v) is 1.65. The van der Waals surface area contributed by atoms with E-state index in [2.05, 4.69) is 36.2 Å². The summed E-state index contributed by atoms with van der Waals surface area (Å²) in [5.74, 6) is -0.324. The van der Waals surface area contributed by atoms with E-state index in [1.807, 2.05) is 0 Å². The number of pyridine rings is 1. The number of tetrazole rings is 1. The molecule has 22 heavy (non-hydrogen) atoms. The highest BCUT2D eigenvalue weighted by molar-refractivity contribution is 6.32. The molecular formula is C10H9ClF3N7O. The Morgan fingerprint density at radius 2 is 2.18 bits per heavy atom. The number of aromatic nitrogens is 5. The highest BCUT2D eigenvalue weighted by Gasteiger charge is 2.31. The normalized spacial score (nSPS) is 11.3. The number of alkyl halides is 3. The molecule has 0 atom stereocenters. The first-order valence-corrected chi connectivity index (χ1v) is 6.24. The number of hydrogen-bond donors (Lipinski definition) is 3. The molecule has 0 saturated heterocycles. The van der Waals surface area contributed by atoms with Crippen LogP contribution in [0, 0.1) is 0 Å². The molecule has 118 valence electrons. The monoisotopic (exact) mass is 335 g/mol. The van der Waals surface area contributed by atoms with E-state index >= 15 is 0 Å². The molecule has 1 amide bonds. The van der Waals surface area contributed by atoms with Crippen LogP contribution in [-0.4, -0.2) is 38.1 Å². The van der Waals surface area contributed by atoms with Crippen LogP contribution < -0.4 is 10.6 Å². The first-order chi connectivity index (χ1) is 10.4. The maximum Gasteiger partial charge on any atom is 0.417 e. The van der Waals surface area contributed by atoms with Crippen LogP contribution in [0.5, 0.6) is 0 Å². The van der Waals surface area contributed by atoms with E-state index in [1.165, 1.54) is 0 Å². The van der Waals surface area contributed by atoms with Gasteiger partial charge in [0.25, 0.3) is 5.95 Å². The third-order valence-corrected chi connectivity index (χ3v) is 2.70. The van der Waals surface area contributed by atoms with Crippen molar-refractivity contribution in [3.63, 3.8) is 0 Å². The van der Waals surface area contributed by atoms with Gasteiger partial charge in [0, 0.05) is 19.2 Å². The van der Waals surface area contributed by atoms with E-state index in [1.54, 1.807) is 0 Å². The Morgan fingerprint density at radius 3 is 2.77 bits per heavy atom. The average Bonchev–Trinajstić information content (AvgIpc) is 2.92. The van der Waals surface area contributed by atoms with Crippen LogP contribution in [0.1, 0.15) is 12.0 Å². The minimum absolute atomic E-state index is 0.00751. The van der Waals surface area contributed by atoms with Crippen molar-refractivity contribution in [1.82, 2.24) is 25.6 Å². The lowest BCUT2D eigenvalue weighted by molar-refractivity contribution is -0.137. The molecule has 12 heteroatoms. The minimum atomic E-state index is -4.51. The number of carbonyl (C=O) groups excluding carboxylic acids is 1. The third kappa shape index (κ3) is 4.28. The summed E-state index contributed by atoms with van der Waals surface area (Å²) in [6.07, 6.45) is -3.85. The fourth-order valence-electron chi connectivity index (χ4n) is 1.42. The number of nitrogens with one attached hydrogen (secondary N) is 3. The van der Waals surface area contributed by atoms with Crippen molar-refractivity contribution in [3.05, 3.63) is 22.8 Å². The second kappa shape index (κ2) is 6.56. The minimum Gasteiger partial charge on any atom is -0.368 e. The number of halogens is 4. The zero-order valence-corrected chi connectivity index (χ0v) is 11.5. The van der Waals surface area contributed by atoms with Crippen molar-refractivity contribution in [2.24, 2.45) is 0 Å². The van der Waals surface area contributed by atoms with Gasteiger partial charge in [-0.05, 0) is 11.3 Å². The Labute approximate surface area is 126 Å². The van der Waals surface area contributed by atoms with Gasteiger partial charge in [-0.2, -0.15) is 18.4 Å². The summed E-state index contributed by atoms with van der Waals surface area (Å²) < 4.78 is 37.3. The summed E-state index contributed by atoms with van der Waals surface area (Å²) in [4.78, 5) is 15.1. The number of rotatable bonds is 5. The maximum atomic E-state index is 12.4. The highest BCUT2D eigenvalue weighted by Crippen LogP contribution is 2.32. The predicted molar refractivity (Wildman–Crippen MR) is 70.2 cm³/mol. The van der Waals surface area contributed by atoms with Crippen LogP contribution in [0.2, 0.25) is 5.02 Å². The largest absolute Gasteiger partial charge is 0.417 e. The third-order valence-electron chi connectivity index (χ3n) is 2.41. The Balaban J connectivity index is 1.85. The first kappa shape index (κ1) is 15.9. The maximum absolute atomic E-state index is 12.4. The van der Waals surface area contributed by atoms with Gasteiger partial charge in [-0.3, -0.25) is 10.1 Å². The second-order valence-corrected chi connectivity index (χ2v) is 4.42. The SMILES string of the molecule is O=C(CCNc1ncc(C(F)(F)F)cc1Cl)Nc1nn[nH]n1. The van der Waals surface area contributed by atoms with E-state index in [0.29, 0.717) is 6.20 Å². The summed E-state index contributed by atoms with van der Waals surface area (Å²) in [7, 11) is 0. The lowest BCUT2D eigenvalue weighted by Gasteiger charge is -2.10. The van der Waals surface area contributed by atoms with Crippen molar-refractivity contribution < 1.29 is 18.0 Å². The van der Waals surface area contributed by atoms with Crippen molar-refractivity contribution >= 4 is 29.3 Å². The molecule has 0 radical (unpaired) electrons. The molecule has 0 fully saturated rings. The van der Waals surface area contributed by atoms with E-state index in [-0.39, 0.29) is 29.8 Å². The van der Waals surface area contributed by atoms with Crippen LogP contribution in [0.4, 0.5) is 24.9 Å². The van der Waals surface area contributed by atoms with E-state index in [9.17, 15) is 18.0 Å². The quantitative estimate of drug-likeness (QED) is 0.767. The van der Waals surface area contributed by atoms with Gasteiger partial charge < -0.3 is 5.32 Å². The highest BCUT2D eigenvalue weighted by atomic mass is 35.5. The molecule has 2 rings (SSSR count). The standard InChI is InChI=1S/C10H9ClF3N7O/c11-6-3-5(10(12,13)14)4-16-8(6)15-2-1-7(22)17-9-18-20-21-19-9/h3-4H,1-2H2,(H,15,16)(H2,17,18,19,20,21,22). The zero-order chi connectivity index (χ0) is 16.2. The van der Waals surface area contributed by atoms with Crippen LogP contribution in [0.25, 0.3) is 0 Å². The lowest BCUT2D eigenvalue weighted by atomic mass is 10.2. The Morgan fingerprint density at radius 1 is 1.41 bits per heavy atom. The number of carbonyl (C=O) groups is 1. The van der Waals surface area contributed by atoms with Crippen LogP contribution in [0.3, 0.4) is 0 Å². The molecule has 0 bridgehead atoms.